The minimum atomic E-state index is -3.21. The van der Waals surface area contributed by atoms with E-state index >= 15 is 0 Å². The van der Waals surface area contributed by atoms with E-state index in [1.165, 1.54) is 18.4 Å². The topological polar surface area (TPSA) is 106 Å². The highest BCUT2D eigenvalue weighted by Gasteiger charge is 2.08. The number of halogens is 1. The molecular weight excluding hydrogens is 531 g/mol. The number of oxazole rings is 1. The lowest BCUT2D eigenvalue weighted by Gasteiger charge is -2.12. The summed E-state index contributed by atoms with van der Waals surface area (Å²) in [6, 6.07) is 16.0. The van der Waals surface area contributed by atoms with Crippen LogP contribution < -0.4 is 15.4 Å². The third-order valence-corrected chi connectivity index (χ3v) is 5.28. The van der Waals surface area contributed by atoms with Gasteiger partial charge in [-0.3, -0.25) is 4.99 Å². The monoisotopic (exact) mass is 556 g/mol. The number of sulfone groups is 1. The Labute approximate surface area is 199 Å². The lowest BCUT2D eigenvalue weighted by atomic mass is 10.2. The van der Waals surface area contributed by atoms with Crippen LogP contribution in [0.4, 0.5) is 0 Å². The molecule has 0 unspecified atom stereocenters. The van der Waals surface area contributed by atoms with Crippen LogP contribution >= 0.6 is 24.0 Å². The van der Waals surface area contributed by atoms with Gasteiger partial charge in [-0.1, -0.05) is 18.2 Å². The van der Waals surface area contributed by atoms with Crippen molar-refractivity contribution in [3.05, 3.63) is 66.6 Å². The van der Waals surface area contributed by atoms with E-state index in [4.69, 9.17) is 9.15 Å². The summed E-state index contributed by atoms with van der Waals surface area (Å²) in [5, 5.41) is 6.31. The molecule has 0 spiro atoms. The second-order valence-electron chi connectivity index (χ2n) is 6.45. The molecule has 166 valence electrons. The number of hydrogen-bond donors (Lipinski definition) is 2. The highest BCUT2D eigenvalue weighted by atomic mass is 127. The molecule has 1 heterocycles. The van der Waals surface area contributed by atoms with Crippen LogP contribution in [-0.2, 0) is 16.4 Å². The van der Waals surface area contributed by atoms with Gasteiger partial charge < -0.3 is 19.8 Å². The molecule has 0 saturated heterocycles. The van der Waals surface area contributed by atoms with Crippen LogP contribution in [0.5, 0.6) is 5.75 Å². The molecule has 1 aromatic heterocycles. The molecule has 0 atom stereocenters. The van der Waals surface area contributed by atoms with Gasteiger partial charge in [-0.2, -0.15) is 0 Å². The normalized spacial score (nSPS) is 11.5. The number of guanidine groups is 1. The molecule has 0 aliphatic heterocycles. The average Bonchev–Trinajstić information content (AvgIpc) is 3.23. The molecule has 8 nitrogen and oxygen atoms in total. The Morgan fingerprint density at radius 3 is 2.45 bits per heavy atom. The first-order chi connectivity index (χ1) is 14.5. The van der Waals surface area contributed by atoms with Crippen LogP contribution in [0.15, 0.2) is 75.2 Å². The van der Waals surface area contributed by atoms with E-state index < -0.39 is 9.84 Å². The number of aliphatic imine (C=N–C) groups is 1. The largest absolute Gasteiger partial charge is 0.492 e. The van der Waals surface area contributed by atoms with Crippen molar-refractivity contribution >= 4 is 39.8 Å². The summed E-state index contributed by atoms with van der Waals surface area (Å²) in [7, 11) is -1.53. The van der Waals surface area contributed by atoms with Crippen LogP contribution in [-0.4, -0.2) is 45.8 Å². The Morgan fingerprint density at radius 2 is 1.81 bits per heavy atom. The maximum atomic E-state index is 11.5. The average molecular weight is 556 g/mol. The predicted molar refractivity (Wildman–Crippen MR) is 131 cm³/mol. The summed E-state index contributed by atoms with van der Waals surface area (Å²) < 4.78 is 34.1. The fourth-order valence-electron chi connectivity index (χ4n) is 2.62. The summed E-state index contributed by atoms with van der Waals surface area (Å²) >= 11 is 0. The second kappa shape index (κ2) is 11.7. The molecule has 0 saturated carbocycles. The van der Waals surface area contributed by atoms with E-state index in [0.717, 1.165) is 11.3 Å². The fraction of sp³-hybridized carbons (Fsp3) is 0.238. The SMILES string of the molecule is CN=C(NCCOc1ccc(S(C)(=O)=O)cc1)NCc1coc(-c2ccccc2)n1.I. The van der Waals surface area contributed by atoms with Crippen LogP contribution in [0.2, 0.25) is 0 Å². The quantitative estimate of drug-likeness (QED) is 0.190. The molecule has 3 rings (SSSR count). The third-order valence-electron chi connectivity index (χ3n) is 4.15. The Bertz CT molecular complexity index is 1080. The standard InChI is InChI=1S/C21H24N4O4S.HI/c1-22-21(23-12-13-28-18-8-10-19(11-9-18)30(2,26)27)24-14-17-15-29-20(25-17)16-6-4-3-5-7-16;/h3-11,15H,12-14H2,1-2H3,(H2,22,23,24);1H. The Hall–Kier alpha value is -2.60. The number of nitrogens with zero attached hydrogens (tertiary/aromatic N) is 2. The molecule has 0 amide bonds. The van der Waals surface area contributed by atoms with Crippen molar-refractivity contribution in [3.63, 3.8) is 0 Å². The zero-order valence-electron chi connectivity index (χ0n) is 17.2. The van der Waals surface area contributed by atoms with E-state index in [9.17, 15) is 8.42 Å². The van der Waals surface area contributed by atoms with Gasteiger partial charge in [0.2, 0.25) is 5.89 Å². The molecule has 3 aromatic rings. The summed E-state index contributed by atoms with van der Waals surface area (Å²) in [6.45, 7) is 1.37. The zero-order valence-corrected chi connectivity index (χ0v) is 20.4. The molecule has 0 aliphatic rings. The van der Waals surface area contributed by atoms with Crippen LogP contribution in [0.1, 0.15) is 5.69 Å². The van der Waals surface area contributed by atoms with E-state index in [1.807, 2.05) is 30.3 Å². The number of nitrogens with one attached hydrogen (secondary N) is 2. The van der Waals surface area contributed by atoms with Crippen molar-refractivity contribution in [2.24, 2.45) is 4.99 Å². The third kappa shape index (κ3) is 7.55. The van der Waals surface area contributed by atoms with Gasteiger partial charge in [0, 0.05) is 18.9 Å². The summed E-state index contributed by atoms with van der Waals surface area (Å²) in [4.78, 5) is 8.90. The maximum Gasteiger partial charge on any atom is 0.226 e. The van der Waals surface area contributed by atoms with Crippen LogP contribution in [0, 0.1) is 0 Å². The van der Waals surface area contributed by atoms with Gasteiger partial charge >= 0.3 is 0 Å². The van der Waals surface area contributed by atoms with Gasteiger partial charge in [0.05, 0.1) is 23.7 Å². The number of ether oxygens (including phenoxy) is 1. The predicted octanol–water partition coefficient (Wildman–Crippen LogP) is 3.11. The number of rotatable bonds is 8. The van der Waals surface area contributed by atoms with Crippen molar-refractivity contribution in [1.29, 1.82) is 0 Å². The molecule has 10 heteroatoms. The summed E-state index contributed by atoms with van der Waals surface area (Å²) in [5.41, 5.74) is 1.69. The second-order valence-corrected chi connectivity index (χ2v) is 8.47. The fourth-order valence-corrected chi connectivity index (χ4v) is 3.25. The number of hydrogen-bond acceptors (Lipinski definition) is 6. The minimum Gasteiger partial charge on any atom is -0.492 e. The first-order valence-corrected chi connectivity index (χ1v) is 11.2. The summed E-state index contributed by atoms with van der Waals surface area (Å²) in [5.74, 6) is 1.78. The van der Waals surface area contributed by atoms with Gasteiger partial charge in [-0.15, -0.1) is 24.0 Å². The van der Waals surface area contributed by atoms with Gasteiger partial charge in [0.1, 0.15) is 18.6 Å². The zero-order chi connectivity index (χ0) is 21.4. The molecule has 31 heavy (non-hydrogen) atoms. The molecule has 0 bridgehead atoms. The first kappa shape index (κ1) is 24.7. The van der Waals surface area contributed by atoms with Crippen molar-refractivity contribution in [3.8, 4) is 17.2 Å². The lowest BCUT2D eigenvalue weighted by molar-refractivity contribution is 0.321. The van der Waals surface area contributed by atoms with Crippen molar-refractivity contribution in [2.45, 2.75) is 11.4 Å². The number of benzene rings is 2. The molecule has 0 radical (unpaired) electrons. The van der Waals surface area contributed by atoms with Gasteiger partial charge in [0.15, 0.2) is 15.8 Å². The molecule has 0 aliphatic carbocycles. The highest BCUT2D eigenvalue weighted by molar-refractivity contribution is 14.0. The van der Waals surface area contributed by atoms with Gasteiger partial charge in [-0.25, -0.2) is 13.4 Å². The lowest BCUT2D eigenvalue weighted by Crippen LogP contribution is -2.38. The number of aromatic nitrogens is 1. The smallest absolute Gasteiger partial charge is 0.226 e. The first-order valence-electron chi connectivity index (χ1n) is 9.33. The van der Waals surface area contributed by atoms with Crippen molar-refractivity contribution in [2.75, 3.05) is 26.5 Å². The molecular formula is C21H25IN4O4S. The summed E-state index contributed by atoms with van der Waals surface area (Å²) in [6.07, 6.45) is 2.79. The van der Waals surface area contributed by atoms with Gasteiger partial charge in [-0.05, 0) is 36.4 Å². The maximum absolute atomic E-state index is 11.5. The Kier molecular flexibility index (Phi) is 9.31. The Morgan fingerprint density at radius 1 is 1.10 bits per heavy atom. The Balaban J connectivity index is 0.00000341. The van der Waals surface area contributed by atoms with E-state index in [2.05, 4.69) is 20.6 Å². The van der Waals surface area contributed by atoms with E-state index in [0.29, 0.717) is 37.3 Å². The van der Waals surface area contributed by atoms with Crippen LogP contribution in [0.25, 0.3) is 11.5 Å². The van der Waals surface area contributed by atoms with Gasteiger partial charge in [0.25, 0.3) is 0 Å². The highest BCUT2D eigenvalue weighted by Crippen LogP contribution is 2.18. The molecule has 0 fully saturated rings. The van der Waals surface area contributed by atoms with Crippen molar-refractivity contribution in [1.82, 2.24) is 15.6 Å². The molecule has 2 aromatic carbocycles. The minimum absolute atomic E-state index is 0. The molecule has 2 N–H and O–H groups in total. The van der Waals surface area contributed by atoms with E-state index in [1.54, 1.807) is 25.4 Å². The van der Waals surface area contributed by atoms with Crippen LogP contribution in [0.3, 0.4) is 0 Å². The van der Waals surface area contributed by atoms with E-state index in [-0.39, 0.29) is 28.9 Å². The van der Waals surface area contributed by atoms with Crippen molar-refractivity contribution < 1.29 is 17.6 Å².